The summed E-state index contributed by atoms with van der Waals surface area (Å²) in [7, 11) is 0. The molecule has 0 N–H and O–H groups in total. The Morgan fingerprint density at radius 1 is 0.778 bits per heavy atom. The van der Waals surface area contributed by atoms with Gasteiger partial charge in [-0.3, -0.25) is 0 Å². The van der Waals surface area contributed by atoms with Gasteiger partial charge in [0.1, 0.15) is 0 Å². The highest BCUT2D eigenvalue weighted by molar-refractivity contribution is 4.95. The minimum atomic E-state index is 0.773. The molecule has 0 aliphatic carbocycles. The summed E-state index contributed by atoms with van der Waals surface area (Å²) in [5.41, 5.74) is 1.38. The van der Waals surface area contributed by atoms with Gasteiger partial charge in [0.2, 0.25) is 0 Å². The van der Waals surface area contributed by atoms with Crippen LogP contribution in [0, 0.1) is 11.8 Å². The van der Waals surface area contributed by atoms with Crippen LogP contribution in [0.3, 0.4) is 0 Å². The maximum Gasteiger partial charge on any atom is -0.0211 e. The number of hydrogen-bond acceptors (Lipinski definition) is 0. The fraction of sp³-hybridized carbons (Fsp3) is 0.889. The average molecular weight is 252 g/mol. The molecule has 0 heterocycles. The Morgan fingerprint density at radius 3 is 1.72 bits per heavy atom. The molecule has 0 spiro atoms. The molecule has 0 aromatic heterocycles. The van der Waals surface area contributed by atoms with Gasteiger partial charge in [0, 0.05) is 0 Å². The summed E-state index contributed by atoms with van der Waals surface area (Å²) in [6.07, 6.45) is 14.0. The van der Waals surface area contributed by atoms with Crippen molar-refractivity contribution in [1.29, 1.82) is 0 Å². The summed E-state index contributed by atoms with van der Waals surface area (Å²) < 4.78 is 0. The first-order valence-corrected chi connectivity index (χ1v) is 8.30. The largest absolute Gasteiger partial charge is 0.0999 e. The van der Waals surface area contributed by atoms with Crippen molar-refractivity contribution in [3.05, 3.63) is 12.2 Å². The minimum Gasteiger partial charge on any atom is -0.0999 e. The van der Waals surface area contributed by atoms with E-state index in [1.807, 2.05) is 0 Å². The fourth-order valence-electron chi connectivity index (χ4n) is 2.85. The van der Waals surface area contributed by atoms with Gasteiger partial charge in [-0.2, -0.15) is 0 Å². The lowest BCUT2D eigenvalue weighted by Crippen LogP contribution is -1.99. The molecule has 0 amide bonds. The molecule has 1 unspecified atom stereocenters. The van der Waals surface area contributed by atoms with Gasteiger partial charge >= 0.3 is 0 Å². The van der Waals surface area contributed by atoms with E-state index >= 15 is 0 Å². The molecule has 0 aromatic carbocycles. The van der Waals surface area contributed by atoms with E-state index in [2.05, 4.69) is 34.3 Å². The van der Waals surface area contributed by atoms with Gasteiger partial charge in [0.05, 0.1) is 0 Å². The highest BCUT2D eigenvalue weighted by Crippen LogP contribution is 2.21. The molecule has 0 aliphatic heterocycles. The van der Waals surface area contributed by atoms with Gasteiger partial charge in [-0.25, -0.2) is 0 Å². The molecule has 18 heavy (non-hydrogen) atoms. The van der Waals surface area contributed by atoms with Crippen molar-refractivity contribution in [2.75, 3.05) is 0 Å². The molecule has 0 aliphatic rings. The molecule has 0 fully saturated rings. The molecule has 0 saturated heterocycles. The lowest BCUT2D eigenvalue weighted by molar-refractivity contribution is 0.423. The molecule has 0 bridgehead atoms. The van der Waals surface area contributed by atoms with Crippen LogP contribution in [-0.4, -0.2) is 0 Å². The van der Waals surface area contributed by atoms with Gasteiger partial charge in [-0.05, 0) is 31.6 Å². The standard InChI is InChI=1S/C18H36/c1-6-17(7-2)14-12-10-9-11-13-15-18(8-3)16(4)5/h17-18H,4,6-15H2,1-3,5H3. The quantitative estimate of drug-likeness (QED) is 0.266. The summed E-state index contributed by atoms with van der Waals surface area (Å²) in [6, 6.07) is 0. The predicted molar refractivity (Wildman–Crippen MR) is 85.0 cm³/mol. The zero-order valence-corrected chi connectivity index (χ0v) is 13.4. The van der Waals surface area contributed by atoms with Crippen LogP contribution in [0.15, 0.2) is 12.2 Å². The highest BCUT2D eigenvalue weighted by atomic mass is 14.1. The van der Waals surface area contributed by atoms with Crippen molar-refractivity contribution in [2.24, 2.45) is 11.8 Å². The molecule has 0 rings (SSSR count). The molecule has 0 radical (unpaired) electrons. The van der Waals surface area contributed by atoms with Crippen LogP contribution in [0.4, 0.5) is 0 Å². The maximum absolute atomic E-state index is 4.09. The summed E-state index contributed by atoms with van der Waals surface area (Å²) in [6.45, 7) is 13.2. The normalized spacial score (nSPS) is 12.9. The molecular weight excluding hydrogens is 216 g/mol. The van der Waals surface area contributed by atoms with Gasteiger partial charge in [-0.1, -0.05) is 84.3 Å². The average Bonchev–Trinajstić information content (AvgIpc) is 2.37. The Balaban J connectivity index is 3.38. The van der Waals surface area contributed by atoms with E-state index < -0.39 is 0 Å². The SMILES string of the molecule is C=C(C)C(CC)CCCCCCCC(CC)CC. The van der Waals surface area contributed by atoms with Crippen molar-refractivity contribution in [3.8, 4) is 0 Å². The molecule has 108 valence electrons. The summed E-state index contributed by atoms with van der Waals surface area (Å²) in [4.78, 5) is 0. The first-order valence-electron chi connectivity index (χ1n) is 8.30. The second-order valence-corrected chi connectivity index (χ2v) is 5.98. The summed E-state index contributed by atoms with van der Waals surface area (Å²) in [5, 5.41) is 0. The smallest absolute Gasteiger partial charge is 0.0211 e. The molecule has 0 saturated carbocycles. The Bertz CT molecular complexity index is 188. The Labute approximate surface area is 116 Å². The zero-order chi connectivity index (χ0) is 13.8. The number of hydrogen-bond donors (Lipinski definition) is 0. The zero-order valence-electron chi connectivity index (χ0n) is 13.4. The Morgan fingerprint density at radius 2 is 1.28 bits per heavy atom. The van der Waals surface area contributed by atoms with Crippen molar-refractivity contribution < 1.29 is 0 Å². The van der Waals surface area contributed by atoms with Crippen LogP contribution in [0.5, 0.6) is 0 Å². The lowest BCUT2D eigenvalue weighted by Gasteiger charge is -2.14. The van der Waals surface area contributed by atoms with Gasteiger partial charge in [0.25, 0.3) is 0 Å². The van der Waals surface area contributed by atoms with Crippen LogP contribution in [0.1, 0.15) is 91.9 Å². The summed E-state index contributed by atoms with van der Waals surface area (Å²) >= 11 is 0. The third-order valence-electron chi connectivity index (χ3n) is 4.51. The molecular formula is C18H36. The molecule has 0 nitrogen and oxygen atoms in total. The topological polar surface area (TPSA) is 0 Å². The van der Waals surface area contributed by atoms with Crippen LogP contribution in [0.2, 0.25) is 0 Å². The predicted octanol–water partition coefficient (Wildman–Crippen LogP) is 6.76. The van der Waals surface area contributed by atoms with E-state index in [4.69, 9.17) is 0 Å². The number of allylic oxidation sites excluding steroid dienone is 1. The third-order valence-corrected chi connectivity index (χ3v) is 4.51. The van der Waals surface area contributed by atoms with Gasteiger partial charge in [-0.15, -0.1) is 0 Å². The van der Waals surface area contributed by atoms with Crippen LogP contribution >= 0.6 is 0 Å². The highest BCUT2D eigenvalue weighted by Gasteiger charge is 2.06. The van der Waals surface area contributed by atoms with Gasteiger partial charge < -0.3 is 0 Å². The van der Waals surface area contributed by atoms with Gasteiger partial charge in [0.15, 0.2) is 0 Å². The minimum absolute atomic E-state index is 0.773. The molecule has 0 aromatic rings. The van der Waals surface area contributed by atoms with E-state index in [1.54, 1.807) is 0 Å². The van der Waals surface area contributed by atoms with E-state index in [0.717, 1.165) is 11.8 Å². The van der Waals surface area contributed by atoms with Crippen molar-refractivity contribution in [2.45, 2.75) is 91.9 Å². The molecule has 1 atom stereocenters. The lowest BCUT2D eigenvalue weighted by atomic mass is 9.92. The first-order chi connectivity index (χ1) is 8.65. The monoisotopic (exact) mass is 252 g/mol. The first kappa shape index (κ1) is 17.7. The Hall–Kier alpha value is -0.260. The third kappa shape index (κ3) is 8.78. The van der Waals surface area contributed by atoms with Crippen molar-refractivity contribution >= 4 is 0 Å². The maximum atomic E-state index is 4.09. The van der Waals surface area contributed by atoms with Crippen LogP contribution in [0.25, 0.3) is 0 Å². The van der Waals surface area contributed by atoms with Crippen LogP contribution < -0.4 is 0 Å². The fourth-order valence-corrected chi connectivity index (χ4v) is 2.85. The Kier molecular flexibility index (Phi) is 11.6. The number of unbranched alkanes of at least 4 members (excludes halogenated alkanes) is 4. The van der Waals surface area contributed by atoms with Crippen LogP contribution in [-0.2, 0) is 0 Å². The summed E-state index contributed by atoms with van der Waals surface area (Å²) in [5.74, 6) is 1.76. The second kappa shape index (κ2) is 11.8. The van der Waals surface area contributed by atoms with E-state index in [1.165, 1.54) is 69.8 Å². The second-order valence-electron chi connectivity index (χ2n) is 5.98. The molecule has 0 heteroatoms. The van der Waals surface area contributed by atoms with E-state index in [0.29, 0.717) is 0 Å². The van der Waals surface area contributed by atoms with E-state index in [9.17, 15) is 0 Å². The van der Waals surface area contributed by atoms with E-state index in [-0.39, 0.29) is 0 Å². The number of rotatable bonds is 12. The van der Waals surface area contributed by atoms with Crippen molar-refractivity contribution in [1.82, 2.24) is 0 Å². The van der Waals surface area contributed by atoms with Crippen molar-refractivity contribution in [3.63, 3.8) is 0 Å².